The van der Waals surface area contributed by atoms with E-state index in [0.717, 1.165) is 12.0 Å². The largest absolute Gasteiger partial charge is 0.483 e. The first kappa shape index (κ1) is 21.3. The van der Waals surface area contributed by atoms with E-state index in [1.165, 1.54) is 6.92 Å². The van der Waals surface area contributed by atoms with Crippen LogP contribution < -0.4 is 14.8 Å². The summed E-state index contributed by atoms with van der Waals surface area (Å²) in [6.45, 7) is 5.07. The normalized spacial score (nSPS) is 15.1. The number of para-hydroxylation sites is 1. The minimum absolute atomic E-state index is 0.213. The van der Waals surface area contributed by atoms with E-state index in [1.54, 1.807) is 24.3 Å². The van der Waals surface area contributed by atoms with Crippen molar-refractivity contribution in [1.82, 2.24) is 0 Å². The summed E-state index contributed by atoms with van der Waals surface area (Å²) in [5, 5.41) is 3.10. The fourth-order valence-corrected chi connectivity index (χ4v) is 3.30. The number of nitrogens with one attached hydrogen (secondary N) is 1. The minimum Gasteiger partial charge on any atom is -0.483 e. The zero-order valence-corrected chi connectivity index (χ0v) is 17.8. The molecule has 2 aromatic rings. The maximum Gasteiger partial charge on any atom is 0.344 e. The highest BCUT2D eigenvalue weighted by atomic mass is 35.5. The van der Waals surface area contributed by atoms with Gasteiger partial charge in [0.05, 0.1) is 15.7 Å². The first-order chi connectivity index (χ1) is 13.7. The Morgan fingerprint density at radius 3 is 2.69 bits per heavy atom. The fraction of sp³-hybridized carbons (Fsp3) is 0.333. The molecule has 1 amide bonds. The van der Waals surface area contributed by atoms with Gasteiger partial charge in [0.15, 0.2) is 24.2 Å². The summed E-state index contributed by atoms with van der Waals surface area (Å²) >= 11 is 12.0. The summed E-state index contributed by atoms with van der Waals surface area (Å²) in [7, 11) is 0. The lowest BCUT2D eigenvalue weighted by Gasteiger charge is -2.18. The predicted octanol–water partition coefficient (Wildman–Crippen LogP) is 4.66. The smallest absolute Gasteiger partial charge is 0.344 e. The SMILES string of the molecule is C[C@@H](OC(=O)COc1cccc2c1OC(C)(C)C2)C(=O)Nc1cccc(Cl)c1Cl. The van der Waals surface area contributed by atoms with Gasteiger partial charge in [-0.3, -0.25) is 4.79 Å². The predicted molar refractivity (Wildman–Crippen MR) is 111 cm³/mol. The van der Waals surface area contributed by atoms with Gasteiger partial charge >= 0.3 is 5.97 Å². The molecular formula is C21H21Cl2NO5. The van der Waals surface area contributed by atoms with Crippen molar-refractivity contribution in [3.63, 3.8) is 0 Å². The number of amides is 1. The molecule has 0 fully saturated rings. The Morgan fingerprint density at radius 2 is 1.93 bits per heavy atom. The molecule has 0 saturated carbocycles. The van der Waals surface area contributed by atoms with Gasteiger partial charge in [0.25, 0.3) is 5.91 Å². The summed E-state index contributed by atoms with van der Waals surface area (Å²) < 4.78 is 16.6. The second kappa shape index (κ2) is 8.51. The van der Waals surface area contributed by atoms with Crippen molar-refractivity contribution < 1.29 is 23.8 Å². The average molecular weight is 438 g/mol. The summed E-state index contributed by atoms with van der Waals surface area (Å²) in [5.41, 5.74) is 1.03. The Morgan fingerprint density at radius 1 is 1.21 bits per heavy atom. The number of benzene rings is 2. The molecule has 8 heteroatoms. The third kappa shape index (κ3) is 5.14. The molecule has 154 valence electrons. The maximum absolute atomic E-state index is 12.3. The van der Waals surface area contributed by atoms with Gasteiger partial charge in [-0.15, -0.1) is 0 Å². The Hall–Kier alpha value is -2.44. The van der Waals surface area contributed by atoms with Gasteiger partial charge in [0.2, 0.25) is 0 Å². The number of anilines is 1. The van der Waals surface area contributed by atoms with Crippen molar-refractivity contribution >= 4 is 40.8 Å². The van der Waals surface area contributed by atoms with E-state index < -0.39 is 18.0 Å². The van der Waals surface area contributed by atoms with Gasteiger partial charge in [0.1, 0.15) is 5.60 Å². The number of halogens is 2. The van der Waals surface area contributed by atoms with E-state index in [2.05, 4.69) is 5.32 Å². The van der Waals surface area contributed by atoms with E-state index in [0.29, 0.717) is 22.2 Å². The van der Waals surface area contributed by atoms with Gasteiger partial charge in [-0.1, -0.05) is 41.4 Å². The number of carbonyl (C=O) groups is 2. The molecule has 0 bridgehead atoms. The van der Waals surface area contributed by atoms with E-state index in [9.17, 15) is 9.59 Å². The number of carbonyl (C=O) groups excluding carboxylic acids is 2. The zero-order chi connectivity index (χ0) is 21.2. The molecule has 0 aromatic heterocycles. The molecule has 0 aliphatic carbocycles. The van der Waals surface area contributed by atoms with Gasteiger partial charge in [-0.05, 0) is 39.0 Å². The third-order valence-corrected chi connectivity index (χ3v) is 5.11. The molecule has 1 aliphatic rings. The van der Waals surface area contributed by atoms with E-state index in [1.807, 2.05) is 26.0 Å². The number of fused-ring (bicyclic) bond motifs is 1. The van der Waals surface area contributed by atoms with Crippen LogP contribution in [-0.4, -0.2) is 30.2 Å². The monoisotopic (exact) mass is 437 g/mol. The molecule has 3 rings (SSSR count). The quantitative estimate of drug-likeness (QED) is 0.665. The Kier molecular flexibility index (Phi) is 6.24. The summed E-state index contributed by atoms with van der Waals surface area (Å²) in [6, 6.07) is 10.4. The topological polar surface area (TPSA) is 73.9 Å². The van der Waals surface area contributed by atoms with Crippen LogP contribution in [0.4, 0.5) is 5.69 Å². The van der Waals surface area contributed by atoms with Gasteiger partial charge in [-0.2, -0.15) is 0 Å². The summed E-state index contributed by atoms with van der Waals surface area (Å²) in [4.78, 5) is 24.4. The van der Waals surface area contributed by atoms with Crippen molar-refractivity contribution in [3.8, 4) is 11.5 Å². The van der Waals surface area contributed by atoms with Gasteiger partial charge in [-0.25, -0.2) is 4.79 Å². The van der Waals surface area contributed by atoms with E-state index >= 15 is 0 Å². The highest BCUT2D eigenvalue weighted by Gasteiger charge is 2.32. The lowest BCUT2D eigenvalue weighted by molar-refractivity contribution is -0.155. The maximum atomic E-state index is 12.3. The van der Waals surface area contributed by atoms with Crippen LogP contribution in [0.25, 0.3) is 0 Å². The summed E-state index contributed by atoms with van der Waals surface area (Å²) in [5.74, 6) is -0.118. The van der Waals surface area contributed by atoms with Crippen LogP contribution in [0.1, 0.15) is 26.3 Å². The molecular weight excluding hydrogens is 417 g/mol. The second-order valence-corrected chi connectivity index (χ2v) is 8.08. The molecule has 1 N–H and O–H groups in total. The van der Waals surface area contributed by atoms with Crippen LogP contribution in [0.3, 0.4) is 0 Å². The number of esters is 1. The minimum atomic E-state index is -1.04. The zero-order valence-electron chi connectivity index (χ0n) is 16.3. The molecule has 2 aromatic carbocycles. The number of ether oxygens (including phenoxy) is 3. The van der Waals surface area contributed by atoms with Crippen molar-refractivity contribution in [3.05, 3.63) is 52.0 Å². The second-order valence-electron chi connectivity index (χ2n) is 7.29. The van der Waals surface area contributed by atoms with E-state index in [-0.39, 0.29) is 17.2 Å². The highest BCUT2D eigenvalue weighted by molar-refractivity contribution is 6.44. The molecule has 0 radical (unpaired) electrons. The molecule has 0 spiro atoms. The molecule has 6 nitrogen and oxygen atoms in total. The Bertz CT molecular complexity index is 945. The van der Waals surface area contributed by atoms with Crippen molar-refractivity contribution in [1.29, 1.82) is 0 Å². The fourth-order valence-electron chi connectivity index (χ4n) is 2.96. The van der Waals surface area contributed by atoms with Crippen LogP contribution in [0.5, 0.6) is 11.5 Å². The molecule has 1 heterocycles. The molecule has 0 saturated heterocycles. The number of rotatable bonds is 6. The van der Waals surface area contributed by atoms with Crippen LogP contribution >= 0.6 is 23.2 Å². The molecule has 1 atom stereocenters. The Labute approximate surface area is 179 Å². The average Bonchev–Trinajstić information content (AvgIpc) is 2.98. The number of hydrogen-bond donors (Lipinski definition) is 1. The van der Waals surface area contributed by atoms with Gasteiger partial charge in [0, 0.05) is 12.0 Å². The van der Waals surface area contributed by atoms with Crippen LogP contribution in [0.2, 0.25) is 10.0 Å². The third-order valence-electron chi connectivity index (χ3n) is 4.29. The van der Waals surface area contributed by atoms with Crippen molar-refractivity contribution in [2.45, 2.75) is 38.9 Å². The standard InChI is InChI=1S/C21H21Cl2NO5/c1-12(20(26)24-15-8-5-7-14(22)18(15)23)28-17(25)11-27-16-9-4-6-13-10-21(2,3)29-19(13)16/h4-9,12H,10-11H2,1-3H3,(H,24,26)/t12-/m1/s1. The van der Waals surface area contributed by atoms with Crippen molar-refractivity contribution in [2.75, 3.05) is 11.9 Å². The molecule has 0 unspecified atom stereocenters. The highest BCUT2D eigenvalue weighted by Crippen LogP contribution is 2.41. The molecule has 29 heavy (non-hydrogen) atoms. The van der Waals surface area contributed by atoms with Crippen LogP contribution in [-0.2, 0) is 20.7 Å². The lowest BCUT2D eigenvalue weighted by Crippen LogP contribution is -2.31. The first-order valence-electron chi connectivity index (χ1n) is 9.04. The lowest BCUT2D eigenvalue weighted by atomic mass is 10.0. The van der Waals surface area contributed by atoms with Crippen LogP contribution in [0, 0.1) is 0 Å². The van der Waals surface area contributed by atoms with Crippen LogP contribution in [0.15, 0.2) is 36.4 Å². The first-order valence-corrected chi connectivity index (χ1v) is 9.80. The Balaban J connectivity index is 1.54. The van der Waals surface area contributed by atoms with E-state index in [4.69, 9.17) is 37.4 Å². The molecule has 1 aliphatic heterocycles. The number of hydrogen-bond acceptors (Lipinski definition) is 5. The summed E-state index contributed by atoms with van der Waals surface area (Å²) in [6.07, 6.45) is -0.286. The van der Waals surface area contributed by atoms with Crippen molar-refractivity contribution in [2.24, 2.45) is 0 Å². The van der Waals surface area contributed by atoms with Gasteiger partial charge < -0.3 is 19.5 Å².